The number of likely N-dealkylation sites (tertiary alicyclic amines) is 1. The maximum Gasteiger partial charge on any atom is 0.257 e. The first-order valence-corrected chi connectivity index (χ1v) is 7.03. The van der Waals surface area contributed by atoms with Gasteiger partial charge in [-0.2, -0.15) is 0 Å². The topological polar surface area (TPSA) is 59.5 Å². The van der Waals surface area contributed by atoms with Crippen LogP contribution in [0, 0.1) is 5.82 Å². The van der Waals surface area contributed by atoms with E-state index in [1.165, 1.54) is 18.4 Å². The summed E-state index contributed by atoms with van der Waals surface area (Å²) >= 11 is 0. The van der Waals surface area contributed by atoms with E-state index in [0.717, 1.165) is 18.4 Å². The van der Waals surface area contributed by atoms with Gasteiger partial charge in [-0.3, -0.25) is 4.79 Å². The second-order valence-electron chi connectivity index (χ2n) is 5.22. The standard InChI is InChI=1S/C16H17FN2O2/c17-13-4-1-3-11(7-13)15-5-2-6-19(15)16(20)12-8-14(9-18)21-10-12/h1,3-4,7-8,10,15H,2,5-6,9,18H2. The lowest BCUT2D eigenvalue weighted by molar-refractivity contribution is 0.0734. The molecule has 1 unspecified atom stereocenters. The van der Waals surface area contributed by atoms with Gasteiger partial charge in [-0.05, 0) is 36.6 Å². The summed E-state index contributed by atoms with van der Waals surface area (Å²) in [4.78, 5) is 14.4. The molecule has 0 saturated carbocycles. The minimum Gasteiger partial charge on any atom is -0.467 e. The molecule has 0 radical (unpaired) electrons. The molecule has 1 amide bonds. The number of halogens is 1. The van der Waals surface area contributed by atoms with Crippen molar-refractivity contribution in [1.82, 2.24) is 4.90 Å². The lowest BCUT2D eigenvalue weighted by atomic mass is 10.0. The number of amides is 1. The van der Waals surface area contributed by atoms with Crippen molar-refractivity contribution in [2.45, 2.75) is 25.4 Å². The average molecular weight is 288 g/mol. The lowest BCUT2D eigenvalue weighted by Crippen LogP contribution is -2.30. The highest BCUT2D eigenvalue weighted by Gasteiger charge is 2.31. The van der Waals surface area contributed by atoms with E-state index < -0.39 is 0 Å². The van der Waals surface area contributed by atoms with Crippen molar-refractivity contribution in [2.24, 2.45) is 5.73 Å². The summed E-state index contributed by atoms with van der Waals surface area (Å²) in [5, 5.41) is 0. The third-order valence-corrected chi connectivity index (χ3v) is 3.85. The molecule has 1 fully saturated rings. The van der Waals surface area contributed by atoms with E-state index in [2.05, 4.69) is 0 Å². The van der Waals surface area contributed by atoms with Gasteiger partial charge in [0.1, 0.15) is 17.8 Å². The number of carbonyl (C=O) groups is 1. The Hall–Kier alpha value is -2.14. The first-order chi connectivity index (χ1) is 10.2. The molecule has 2 heterocycles. The van der Waals surface area contributed by atoms with Gasteiger partial charge in [-0.25, -0.2) is 4.39 Å². The molecule has 2 N–H and O–H groups in total. The highest BCUT2D eigenvalue weighted by molar-refractivity contribution is 5.94. The van der Waals surface area contributed by atoms with Gasteiger partial charge in [-0.15, -0.1) is 0 Å². The number of furan rings is 1. The Labute approximate surface area is 122 Å². The van der Waals surface area contributed by atoms with Crippen LogP contribution in [-0.2, 0) is 6.54 Å². The van der Waals surface area contributed by atoms with Gasteiger partial charge in [-0.1, -0.05) is 12.1 Å². The number of hydrogen-bond donors (Lipinski definition) is 1. The second-order valence-corrected chi connectivity index (χ2v) is 5.22. The Balaban J connectivity index is 1.85. The van der Waals surface area contributed by atoms with Crippen molar-refractivity contribution >= 4 is 5.91 Å². The van der Waals surface area contributed by atoms with Crippen molar-refractivity contribution in [1.29, 1.82) is 0 Å². The van der Waals surface area contributed by atoms with E-state index in [4.69, 9.17) is 10.2 Å². The minimum absolute atomic E-state index is 0.0792. The molecule has 1 aliphatic rings. The summed E-state index contributed by atoms with van der Waals surface area (Å²) in [5.41, 5.74) is 6.83. The fraction of sp³-hybridized carbons (Fsp3) is 0.312. The second kappa shape index (κ2) is 5.69. The van der Waals surface area contributed by atoms with Crippen molar-refractivity contribution in [3.05, 3.63) is 59.3 Å². The predicted octanol–water partition coefficient (Wildman–Crippen LogP) is 2.85. The normalized spacial score (nSPS) is 18.2. The average Bonchev–Trinajstić information content (AvgIpc) is 3.15. The van der Waals surface area contributed by atoms with Gasteiger partial charge in [0.15, 0.2) is 0 Å². The maximum atomic E-state index is 13.4. The SMILES string of the molecule is NCc1cc(C(=O)N2CCCC2c2cccc(F)c2)co1. The first kappa shape index (κ1) is 13.8. The molecule has 1 atom stereocenters. The molecule has 0 spiro atoms. The lowest BCUT2D eigenvalue weighted by Gasteiger charge is -2.24. The molecule has 4 nitrogen and oxygen atoms in total. The molecule has 2 aromatic rings. The Kier molecular flexibility index (Phi) is 3.75. The number of rotatable bonds is 3. The summed E-state index contributed by atoms with van der Waals surface area (Å²) in [6.07, 6.45) is 3.19. The molecule has 1 saturated heterocycles. The summed E-state index contributed by atoms with van der Waals surface area (Å²) < 4.78 is 18.6. The van der Waals surface area contributed by atoms with Crippen LogP contribution in [0.4, 0.5) is 4.39 Å². The molecule has 5 heteroatoms. The zero-order valence-corrected chi connectivity index (χ0v) is 11.6. The molecule has 1 aliphatic heterocycles. The largest absolute Gasteiger partial charge is 0.467 e. The molecule has 1 aromatic carbocycles. The summed E-state index contributed by atoms with van der Waals surface area (Å²) in [7, 11) is 0. The van der Waals surface area contributed by atoms with Crippen LogP contribution in [0.2, 0.25) is 0 Å². The predicted molar refractivity (Wildman–Crippen MR) is 76.0 cm³/mol. The van der Waals surface area contributed by atoms with Crippen LogP contribution in [0.25, 0.3) is 0 Å². The fourth-order valence-electron chi connectivity index (χ4n) is 2.84. The van der Waals surface area contributed by atoms with E-state index >= 15 is 0 Å². The number of nitrogens with zero attached hydrogens (tertiary/aromatic N) is 1. The van der Waals surface area contributed by atoms with E-state index in [1.54, 1.807) is 17.0 Å². The van der Waals surface area contributed by atoms with Gasteiger partial charge in [0, 0.05) is 6.54 Å². The molecule has 110 valence electrons. The van der Waals surface area contributed by atoms with Crippen molar-refractivity contribution in [3.8, 4) is 0 Å². The quantitative estimate of drug-likeness (QED) is 0.944. The van der Waals surface area contributed by atoms with Crippen molar-refractivity contribution in [3.63, 3.8) is 0 Å². The Morgan fingerprint density at radius 1 is 1.43 bits per heavy atom. The third-order valence-electron chi connectivity index (χ3n) is 3.85. The smallest absolute Gasteiger partial charge is 0.257 e. The highest BCUT2D eigenvalue weighted by Crippen LogP contribution is 2.33. The Morgan fingerprint density at radius 3 is 3.00 bits per heavy atom. The summed E-state index contributed by atoms with van der Waals surface area (Å²) in [6, 6.07) is 8.04. The fourth-order valence-corrected chi connectivity index (χ4v) is 2.84. The van der Waals surface area contributed by atoms with Crippen molar-refractivity contribution in [2.75, 3.05) is 6.54 Å². The molecular weight excluding hydrogens is 271 g/mol. The Morgan fingerprint density at radius 2 is 2.29 bits per heavy atom. The molecule has 21 heavy (non-hydrogen) atoms. The molecule has 1 aromatic heterocycles. The van der Waals surface area contributed by atoms with Crippen molar-refractivity contribution < 1.29 is 13.6 Å². The zero-order chi connectivity index (χ0) is 14.8. The minimum atomic E-state index is -0.277. The van der Waals surface area contributed by atoms with E-state index in [-0.39, 0.29) is 24.3 Å². The maximum absolute atomic E-state index is 13.4. The van der Waals surface area contributed by atoms with Crippen LogP contribution >= 0.6 is 0 Å². The highest BCUT2D eigenvalue weighted by atomic mass is 19.1. The molecule has 3 rings (SSSR count). The van der Waals surface area contributed by atoms with Gasteiger partial charge < -0.3 is 15.1 Å². The van der Waals surface area contributed by atoms with Gasteiger partial charge in [0.25, 0.3) is 5.91 Å². The molecule has 0 bridgehead atoms. The number of nitrogens with two attached hydrogens (primary N) is 1. The first-order valence-electron chi connectivity index (χ1n) is 7.03. The van der Waals surface area contributed by atoms with Gasteiger partial charge >= 0.3 is 0 Å². The zero-order valence-electron chi connectivity index (χ0n) is 11.6. The summed E-state index contributed by atoms with van der Waals surface area (Å²) in [5.74, 6) is 0.214. The number of carbonyl (C=O) groups excluding carboxylic acids is 1. The Bertz CT molecular complexity index is 653. The van der Waals surface area contributed by atoms with Crippen LogP contribution in [0.3, 0.4) is 0 Å². The number of hydrogen-bond acceptors (Lipinski definition) is 3. The van der Waals surface area contributed by atoms with E-state index in [9.17, 15) is 9.18 Å². The molecular formula is C16H17FN2O2. The van der Waals surface area contributed by atoms with E-state index in [0.29, 0.717) is 17.9 Å². The monoisotopic (exact) mass is 288 g/mol. The van der Waals surface area contributed by atoms with Crippen LogP contribution in [0.1, 0.15) is 40.6 Å². The summed E-state index contributed by atoms with van der Waals surface area (Å²) in [6.45, 7) is 0.934. The van der Waals surface area contributed by atoms with Gasteiger partial charge in [0.05, 0.1) is 18.2 Å². The number of benzene rings is 1. The van der Waals surface area contributed by atoms with Crippen LogP contribution in [-0.4, -0.2) is 17.4 Å². The van der Waals surface area contributed by atoms with Gasteiger partial charge in [0.2, 0.25) is 0 Å². The van der Waals surface area contributed by atoms with Crippen LogP contribution < -0.4 is 5.73 Å². The molecule has 0 aliphatic carbocycles. The van der Waals surface area contributed by atoms with Crippen LogP contribution in [0.15, 0.2) is 41.0 Å². The van der Waals surface area contributed by atoms with Crippen LogP contribution in [0.5, 0.6) is 0 Å². The third kappa shape index (κ3) is 2.69. The van der Waals surface area contributed by atoms with E-state index in [1.807, 2.05) is 6.07 Å².